The number of aromatic nitrogens is 1. The van der Waals surface area contributed by atoms with Crippen LogP contribution in [0.15, 0.2) is 170 Å². The highest BCUT2D eigenvalue weighted by Crippen LogP contribution is 2.51. The van der Waals surface area contributed by atoms with Gasteiger partial charge in [0.25, 0.3) is 0 Å². The van der Waals surface area contributed by atoms with Crippen LogP contribution in [-0.2, 0) is 5.41 Å². The number of thiazole rings is 1. The van der Waals surface area contributed by atoms with Crippen LogP contribution in [0.1, 0.15) is 36.1 Å². The summed E-state index contributed by atoms with van der Waals surface area (Å²) >= 11 is 1.76. The molecule has 0 atom stereocenters. The highest BCUT2D eigenvalue weighted by molar-refractivity contribution is 7.21. The fourth-order valence-corrected chi connectivity index (χ4v) is 7.91. The first-order valence-corrected chi connectivity index (χ1v) is 19.3. The normalized spacial score (nSPS) is 12.0. The van der Waals surface area contributed by atoms with Crippen LogP contribution in [0.3, 0.4) is 0 Å². The van der Waals surface area contributed by atoms with Crippen LogP contribution in [0.4, 0.5) is 17.1 Å². The minimum atomic E-state index is -0.119. The predicted octanol–water partition coefficient (Wildman–Crippen LogP) is 13.7. The quantitative estimate of drug-likeness (QED) is 0.170. The number of fused-ring (bicyclic) bond motifs is 4. The number of anilines is 3. The number of methoxy groups -OCH3 is 2. The number of aryl methyl sites for hydroxylation is 2. The molecule has 4 nitrogen and oxygen atoms in total. The molecule has 0 bridgehead atoms. The molecule has 0 aliphatic heterocycles. The predicted molar refractivity (Wildman–Crippen MR) is 233 cm³/mol. The molecule has 0 saturated heterocycles. The van der Waals surface area contributed by atoms with Gasteiger partial charge in [-0.1, -0.05) is 116 Å². The molecule has 0 N–H and O–H groups in total. The van der Waals surface area contributed by atoms with Gasteiger partial charge in [-0.2, -0.15) is 0 Å². The van der Waals surface area contributed by atoms with E-state index in [1.165, 1.54) is 49.3 Å². The van der Waals surface area contributed by atoms with Crippen molar-refractivity contribution in [1.82, 2.24) is 4.98 Å². The van der Waals surface area contributed by atoms with Crippen LogP contribution in [0.5, 0.6) is 11.5 Å². The van der Waals surface area contributed by atoms with Gasteiger partial charge in [0.2, 0.25) is 0 Å². The second-order valence-corrected chi connectivity index (χ2v) is 15.2. The van der Waals surface area contributed by atoms with E-state index in [1.54, 1.807) is 25.6 Å². The van der Waals surface area contributed by atoms with E-state index in [4.69, 9.17) is 14.5 Å². The van der Waals surface area contributed by atoms with Crippen LogP contribution < -0.4 is 14.4 Å². The summed E-state index contributed by atoms with van der Waals surface area (Å²) in [5, 5.41) is 1.08. The van der Waals surface area contributed by atoms with E-state index in [9.17, 15) is 0 Å². The van der Waals surface area contributed by atoms with Crippen LogP contribution >= 0.6 is 11.3 Å². The van der Waals surface area contributed by atoms with Gasteiger partial charge in [0.15, 0.2) is 0 Å². The first-order valence-electron chi connectivity index (χ1n) is 18.5. The fraction of sp³-hybridized carbons (Fsp3) is 0.140. The van der Waals surface area contributed by atoms with E-state index in [0.717, 1.165) is 33.4 Å². The zero-order valence-corrected chi connectivity index (χ0v) is 33.1. The van der Waals surface area contributed by atoms with E-state index in [-0.39, 0.29) is 5.41 Å². The van der Waals surface area contributed by atoms with Gasteiger partial charge in [-0.15, -0.1) is 11.3 Å². The maximum atomic E-state index is 4.97. The van der Waals surface area contributed by atoms with Gasteiger partial charge in [0.05, 0.1) is 24.4 Å². The number of benzene rings is 7. The van der Waals surface area contributed by atoms with Crippen molar-refractivity contribution in [2.75, 3.05) is 19.1 Å². The maximum absolute atomic E-state index is 4.97. The summed E-state index contributed by atoms with van der Waals surface area (Å²) in [4.78, 5) is 7.26. The van der Waals surface area contributed by atoms with Gasteiger partial charge in [0, 0.05) is 28.0 Å². The molecule has 1 heterocycles. The molecule has 1 aliphatic carbocycles. The topological polar surface area (TPSA) is 34.6 Å². The van der Waals surface area contributed by atoms with E-state index >= 15 is 0 Å². The fourth-order valence-electron chi connectivity index (χ4n) is 6.94. The molecule has 1 aromatic heterocycles. The van der Waals surface area contributed by atoms with Crippen LogP contribution in [0, 0.1) is 13.8 Å². The van der Waals surface area contributed by atoms with Crippen LogP contribution in [0.25, 0.3) is 31.9 Å². The SMILES string of the molecule is CC1(C)c2cc(-c3nc4ccccc4s3)ccc2-c2ccc(N(c3ccccc3)c3ccccc3)cc21.COc1ccc(C)cc1.COc1ccc(C)cc1. The number of rotatable bonds is 6. The summed E-state index contributed by atoms with van der Waals surface area (Å²) in [7, 11) is 3.34. The Hall–Kier alpha value is -6.17. The van der Waals surface area contributed by atoms with E-state index in [2.05, 4.69) is 154 Å². The Morgan fingerprint density at radius 2 is 1.00 bits per heavy atom. The van der Waals surface area contributed by atoms with Gasteiger partial charge >= 0.3 is 0 Å². The molecule has 1 aliphatic rings. The Bertz CT molecular complexity index is 2370. The van der Waals surface area contributed by atoms with Crippen molar-refractivity contribution in [3.8, 4) is 33.2 Å². The summed E-state index contributed by atoms with van der Waals surface area (Å²) in [6, 6.07) is 59.3. The molecule has 0 saturated carbocycles. The van der Waals surface area contributed by atoms with Crippen molar-refractivity contribution in [2.45, 2.75) is 33.1 Å². The standard InChI is InChI=1S/C34H26N2S.2C8H10O/c1-34(2)29-21-23(33-35-31-15-9-10-16-32(31)37-33)17-19-27(29)28-20-18-26(22-30(28)34)36(24-11-5-3-6-12-24)25-13-7-4-8-14-25;2*1-7-3-5-8(9-2)6-4-7/h3-22H,1-2H3;2*3-6H,1-2H3. The van der Waals surface area contributed by atoms with Crippen molar-refractivity contribution in [3.05, 3.63) is 192 Å². The second-order valence-electron chi connectivity index (χ2n) is 14.1. The number of ether oxygens (including phenoxy) is 2. The lowest BCUT2D eigenvalue weighted by Gasteiger charge is -2.28. The molecular formula is C50H46N2O2S. The van der Waals surface area contributed by atoms with Crippen molar-refractivity contribution in [1.29, 1.82) is 0 Å². The van der Waals surface area contributed by atoms with Crippen molar-refractivity contribution < 1.29 is 9.47 Å². The Morgan fingerprint density at radius 1 is 0.509 bits per heavy atom. The second kappa shape index (κ2) is 16.5. The van der Waals surface area contributed by atoms with E-state index in [1.807, 2.05) is 48.5 Å². The van der Waals surface area contributed by atoms with E-state index < -0.39 is 0 Å². The van der Waals surface area contributed by atoms with Crippen LogP contribution in [-0.4, -0.2) is 19.2 Å². The molecule has 0 spiro atoms. The molecule has 0 amide bonds. The maximum Gasteiger partial charge on any atom is 0.124 e. The lowest BCUT2D eigenvalue weighted by Crippen LogP contribution is -2.16. The number of hydrogen-bond acceptors (Lipinski definition) is 5. The minimum Gasteiger partial charge on any atom is -0.497 e. The van der Waals surface area contributed by atoms with Crippen LogP contribution in [0.2, 0.25) is 0 Å². The molecule has 0 fully saturated rings. The molecule has 55 heavy (non-hydrogen) atoms. The molecule has 274 valence electrons. The third kappa shape index (κ3) is 8.18. The van der Waals surface area contributed by atoms with E-state index in [0.29, 0.717) is 0 Å². The smallest absolute Gasteiger partial charge is 0.124 e. The molecule has 9 rings (SSSR count). The summed E-state index contributed by atoms with van der Waals surface area (Å²) in [6.45, 7) is 8.80. The largest absolute Gasteiger partial charge is 0.497 e. The first kappa shape index (κ1) is 37.2. The van der Waals surface area contributed by atoms with Crippen molar-refractivity contribution in [2.24, 2.45) is 0 Å². The van der Waals surface area contributed by atoms with Gasteiger partial charge in [0.1, 0.15) is 16.5 Å². The highest BCUT2D eigenvalue weighted by atomic mass is 32.1. The summed E-state index contributed by atoms with van der Waals surface area (Å²) in [6.07, 6.45) is 0. The monoisotopic (exact) mass is 738 g/mol. The average molecular weight is 739 g/mol. The third-order valence-corrected chi connectivity index (χ3v) is 11.1. The van der Waals surface area contributed by atoms with Gasteiger partial charge in [-0.25, -0.2) is 4.98 Å². The highest BCUT2D eigenvalue weighted by Gasteiger charge is 2.36. The molecule has 0 unspecified atom stereocenters. The van der Waals surface area contributed by atoms with Crippen molar-refractivity contribution >= 4 is 38.6 Å². The Kier molecular flexibility index (Phi) is 11.1. The van der Waals surface area contributed by atoms with Crippen molar-refractivity contribution in [3.63, 3.8) is 0 Å². The Labute approximate surface area is 329 Å². The Balaban J connectivity index is 0.000000212. The molecule has 8 aromatic rings. The number of para-hydroxylation sites is 3. The summed E-state index contributed by atoms with van der Waals surface area (Å²) in [5.74, 6) is 1.83. The molecular weight excluding hydrogens is 693 g/mol. The summed E-state index contributed by atoms with van der Waals surface area (Å²) < 4.78 is 11.2. The average Bonchev–Trinajstić information content (AvgIpc) is 3.76. The van der Waals surface area contributed by atoms with Gasteiger partial charge in [-0.05, 0) is 115 Å². The minimum absolute atomic E-state index is 0.119. The Morgan fingerprint density at radius 3 is 1.53 bits per heavy atom. The van der Waals surface area contributed by atoms with Gasteiger partial charge in [-0.3, -0.25) is 0 Å². The summed E-state index contributed by atoms with van der Waals surface area (Å²) in [5.41, 5.74) is 13.5. The first-order chi connectivity index (χ1) is 26.7. The third-order valence-electron chi connectivity index (χ3n) is 10.0. The number of hydrogen-bond donors (Lipinski definition) is 0. The van der Waals surface area contributed by atoms with Gasteiger partial charge < -0.3 is 14.4 Å². The molecule has 5 heteroatoms. The molecule has 0 radical (unpaired) electrons. The zero-order valence-electron chi connectivity index (χ0n) is 32.3. The number of nitrogens with zero attached hydrogens (tertiary/aromatic N) is 2. The lowest BCUT2D eigenvalue weighted by molar-refractivity contribution is 0.414. The zero-order chi connectivity index (χ0) is 38.4. The molecule has 7 aromatic carbocycles. The lowest BCUT2D eigenvalue weighted by atomic mass is 9.82.